The average Bonchev–Trinajstić information content (AvgIpc) is 2.97. The zero-order chi connectivity index (χ0) is 31.1. The van der Waals surface area contributed by atoms with Gasteiger partial charge in [-0.25, -0.2) is 0 Å². The normalized spacial score (nSPS) is 12.3. The number of rotatable bonds is 32. The Balaban J connectivity index is 4.77. The maximum atomic E-state index is 13.2. The fourth-order valence-electron chi connectivity index (χ4n) is 5.64. The Morgan fingerprint density at radius 3 is 1.43 bits per heavy atom. The van der Waals surface area contributed by atoms with Crippen molar-refractivity contribution in [3.63, 3.8) is 0 Å². The van der Waals surface area contributed by atoms with Gasteiger partial charge in [-0.2, -0.15) is 0 Å². The quantitative estimate of drug-likeness (QED) is 0.0572. The van der Waals surface area contributed by atoms with E-state index in [0.717, 1.165) is 64.3 Å². The summed E-state index contributed by atoms with van der Waals surface area (Å²) in [6.45, 7) is 7.92. The molecule has 0 amide bonds. The average molecular weight is 596 g/mol. The van der Waals surface area contributed by atoms with Crippen LogP contribution in [-0.4, -0.2) is 50.2 Å². The zero-order valence-corrected chi connectivity index (χ0v) is 29.0. The van der Waals surface area contributed by atoms with Crippen molar-refractivity contribution in [2.45, 2.75) is 194 Å². The molecule has 0 aliphatic carbocycles. The van der Waals surface area contributed by atoms with Crippen LogP contribution >= 0.6 is 0 Å². The molecule has 0 aromatic carbocycles. The molecule has 42 heavy (non-hydrogen) atoms. The van der Waals surface area contributed by atoms with Crippen molar-refractivity contribution in [1.82, 2.24) is 4.90 Å². The molecule has 1 atom stereocenters. The van der Waals surface area contributed by atoms with Crippen molar-refractivity contribution in [2.75, 3.05) is 27.2 Å². The predicted octanol–water partition coefficient (Wildman–Crippen LogP) is 10.8. The maximum absolute atomic E-state index is 13.2. The van der Waals surface area contributed by atoms with Crippen molar-refractivity contribution < 1.29 is 19.1 Å². The highest BCUT2D eigenvalue weighted by Gasteiger charge is 2.22. The van der Waals surface area contributed by atoms with Crippen molar-refractivity contribution >= 4 is 11.9 Å². The first-order valence-corrected chi connectivity index (χ1v) is 18.4. The molecule has 5 nitrogen and oxygen atoms in total. The minimum absolute atomic E-state index is 0.0204. The van der Waals surface area contributed by atoms with Gasteiger partial charge in [0.2, 0.25) is 0 Å². The highest BCUT2D eigenvalue weighted by atomic mass is 16.6. The van der Waals surface area contributed by atoms with Gasteiger partial charge in [0.15, 0.2) is 0 Å². The molecule has 1 unspecified atom stereocenters. The summed E-state index contributed by atoms with van der Waals surface area (Å²) < 4.78 is 11.8. The lowest BCUT2D eigenvalue weighted by molar-refractivity contribution is -0.162. The summed E-state index contributed by atoms with van der Waals surface area (Å²) in [4.78, 5) is 28.0. The summed E-state index contributed by atoms with van der Waals surface area (Å²) in [5, 5.41) is 0. The van der Waals surface area contributed by atoms with E-state index in [2.05, 4.69) is 39.8 Å². The molecular formula is C37H73NO4. The van der Waals surface area contributed by atoms with Gasteiger partial charge in [-0.15, -0.1) is 0 Å². The molecule has 0 aromatic rings. The molecule has 0 N–H and O–H groups in total. The van der Waals surface area contributed by atoms with E-state index in [9.17, 15) is 9.59 Å². The van der Waals surface area contributed by atoms with Gasteiger partial charge in [0.05, 0.1) is 5.92 Å². The summed E-state index contributed by atoms with van der Waals surface area (Å²) in [5.74, 6) is -0.241. The van der Waals surface area contributed by atoms with Gasteiger partial charge in [0, 0.05) is 6.42 Å². The second-order valence-electron chi connectivity index (χ2n) is 13.1. The molecule has 0 spiro atoms. The van der Waals surface area contributed by atoms with Gasteiger partial charge in [0.25, 0.3) is 0 Å². The largest absolute Gasteiger partial charge is 0.462 e. The topological polar surface area (TPSA) is 55.8 Å². The number of hydrogen-bond donors (Lipinski definition) is 0. The fourth-order valence-corrected chi connectivity index (χ4v) is 5.64. The smallest absolute Gasteiger partial charge is 0.309 e. The number of carbonyl (C=O) groups excluding carboxylic acids is 2. The molecule has 0 heterocycles. The first kappa shape index (κ1) is 40.9. The van der Waals surface area contributed by atoms with Crippen LogP contribution in [0.25, 0.3) is 0 Å². The van der Waals surface area contributed by atoms with Crippen LogP contribution in [0.4, 0.5) is 0 Å². The predicted molar refractivity (Wildman–Crippen MR) is 180 cm³/mol. The van der Waals surface area contributed by atoms with Crippen LogP contribution in [0.15, 0.2) is 0 Å². The van der Waals surface area contributed by atoms with E-state index >= 15 is 0 Å². The van der Waals surface area contributed by atoms with E-state index in [1.807, 2.05) is 0 Å². The maximum Gasteiger partial charge on any atom is 0.309 e. The van der Waals surface area contributed by atoms with Crippen LogP contribution < -0.4 is 0 Å². The third-order valence-corrected chi connectivity index (χ3v) is 8.47. The van der Waals surface area contributed by atoms with E-state index in [4.69, 9.17) is 9.47 Å². The Morgan fingerprint density at radius 2 is 0.976 bits per heavy atom. The van der Waals surface area contributed by atoms with Crippen LogP contribution in [0, 0.1) is 5.92 Å². The van der Waals surface area contributed by atoms with Gasteiger partial charge in [-0.3, -0.25) is 9.59 Å². The number of carbonyl (C=O) groups is 2. The molecule has 0 radical (unpaired) electrons. The van der Waals surface area contributed by atoms with Crippen molar-refractivity contribution in [1.29, 1.82) is 0 Å². The van der Waals surface area contributed by atoms with Crippen LogP contribution in [-0.2, 0) is 19.1 Å². The van der Waals surface area contributed by atoms with Crippen molar-refractivity contribution in [2.24, 2.45) is 5.92 Å². The Kier molecular flexibility index (Phi) is 30.5. The Morgan fingerprint density at radius 1 is 0.548 bits per heavy atom. The van der Waals surface area contributed by atoms with Crippen LogP contribution in [0.5, 0.6) is 0 Å². The minimum Gasteiger partial charge on any atom is -0.462 e. The van der Waals surface area contributed by atoms with Gasteiger partial charge in [-0.05, 0) is 59.2 Å². The molecule has 0 bridgehead atoms. The van der Waals surface area contributed by atoms with Crippen LogP contribution in [0.2, 0.25) is 0 Å². The molecule has 5 heteroatoms. The summed E-state index contributed by atoms with van der Waals surface area (Å²) in [7, 11) is 4.11. The number of hydrogen-bond acceptors (Lipinski definition) is 5. The Labute approximate surface area is 262 Å². The lowest BCUT2D eigenvalue weighted by Crippen LogP contribution is -2.28. The fraction of sp³-hybridized carbons (Fsp3) is 0.946. The van der Waals surface area contributed by atoms with Crippen LogP contribution in [0.1, 0.15) is 188 Å². The summed E-state index contributed by atoms with van der Waals surface area (Å²) in [5.41, 5.74) is 0. The van der Waals surface area contributed by atoms with Crippen molar-refractivity contribution in [3.8, 4) is 0 Å². The van der Waals surface area contributed by atoms with Gasteiger partial charge in [-0.1, -0.05) is 143 Å². The summed E-state index contributed by atoms with van der Waals surface area (Å²) in [6, 6.07) is 0. The summed E-state index contributed by atoms with van der Waals surface area (Å²) in [6.07, 6.45) is 29.4. The lowest BCUT2D eigenvalue weighted by Gasteiger charge is -2.21. The van der Waals surface area contributed by atoms with E-state index in [1.54, 1.807) is 0 Å². The highest BCUT2D eigenvalue weighted by Crippen LogP contribution is 2.21. The number of ether oxygens (including phenoxy) is 2. The SMILES string of the molecule is CCCCCCCCCCCCC(COC(=O)C(CCCCCCC)CCCCCCC)OC(=O)CCCCN(C)C. The van der Waals surface area contributed by atoms with E-state index in [0.29, 0.717) is 6.42 Å². The molecule has 0 rings (SSSR count). The molecule has 250 valence electrons. The second-order valence-corrected chi connectivity index (χ2v) is 13.1. The standard InChI is InChI=1S/C37H73NO4/c1-6-9-12-15-16-17-18-19-22-25-30-35(42-36(39)31-26-27-32-38(4)5)33-41-37(40)34(28-23-20-13-10-7-2)29-24-21-14-11-8-3/h34-35H,6-33H2,1-5H3. The number of unbranched alkanes of at least 4 members (excludes halogenated alkanes) is 18. The number of nitrogens with zero attached hydrogens (tertiary/aromatic N) is 1. The first-order valence-electron chi connectivity index (χ1n) is 18.4. The lowest BCUT2D eigenvalue weighted by atomic mass is 9.94. The van der Waals surface area contributed by atoms with E-state index in [1.165, 1.54) is 103 Å². The number of esters is 2. The molecule has 0 aliphatic rings. The van der Waals surface area contributed by atoms with E-state index in [-0.39, 0.29) is 30.6 Å². The minimum atomic E-state index is -0.320. The highest BCUT2D eigenvalue weighted by molar-refractivity contribution is 5.72. The monoisotopic (exact) mass is 596 g/mol. The van der Waals surface area contributed by atoms with Gasteiger partial charge < -0.3 is 14.4 Å². The zero-order valence-electron chi connectivity index (χ0n) is 29.0. The second kappa shape index (κ2) is 31.3. The third kappa shape index (κ3) is 27.7. The van der Waals surface area contributed by atoms with Crippen molar-refractivity contribution in [3.05, 3.63) is 0 Å². The van der Waals surface area contributed by atoms with E-state index < -0.39 is 0 Å². The Bertz CT molecular complexity index is 580. The first-order chi connectivity index (χ1) is 20.4. The van der Waals surface area contributed by atoms with Gasteiger partial charge >= 0.3 is 11.9 Å². The molecule has 0 saturated heterocycles. The molecule has 0 saturated carbocycles. The van der Waals surface area contributed by atoms with Crippen LogP contribution in [0.3, 0.4) is 0 Å². The molecule has 0 aromatic heterocycles. The molecule has 0 fully saturated rings. The summed E-state index contributed by atoms with van der Waals surface area (Å²) >= 11 is 0. The Hall–Kier alpha value is -1.10. The molecular weight excluding hydrogens is 522 g/mol. The van der Waals surface area contributed by atoms with Gasteiger partial charge in [0.1, 0.15) is 12.7 Å². The third-order valence-electron chi connectivity index (χ3n) is 8.47. The molecule has 0 aliphatic heterocycles.